The highest BCUT2D eigenvalue weighted by atomic mass is 16.5. The lowest BCUT2D eigenvalue weighted by atomic mass is 10.1. The van der Waals surface area contributed by atoms with Crippen LogP contribution >= 0.6 is 0 Å². The Kier molecular flexibility index (Phi) is 4.71. The quantitative estimate of drug-likeness (QED) is 0.766. The van der Waals surface area contributed by atoms with Crippen LogP contribution in [0, 0.1) is 6.92 Å². The number of aromatic nitrogens is 1. The Morgan fingerprint density at radius 1 is 1.32 bits per heavy atom. The van der Waals surface area contributed by atoms with Crippen LogP contribution in [-0.2, 0) is 9.59 Å². The summed E-state index contributed by atoms with van der Waals surface area (Å²) in [4.78, 5) is 23.7. The van der Waals surface area contributed by atoms with E-state index in [1.54, 1.807) is 19.9 Å². The first-order valence-corrected chi connectivity index (χ1v) is 7.99. The summed E-state index contributed by atoms with van der Waals surface area (Å²) in [6.07, 6.45) is 0. The molecule has 2 unspecified atom stereocenters. The Hall–Kier alpha value is -2.87. The maximum Gasteiger partial charge on any atom is 0.262 e. The number of hydrogen-bond acceptors (Lipinski definition) is 6. The van der Waals surface area contributed by atoms with E-state index >= 15 is 0 Å². The number of anilines is 2. The second-order valence-electron chi connectivity index (χ2n) is 6.02. The van der Waals surface area contributed by atoms with Gasteiger partial charge in [-0.15, -0.1) is 0 Å². The Balaban J connectivity index is 1.63. The average molecular weight is 344 g/mol. The zero-order valence-corrected chi connectivity index (χ0v) is 14.3. The molecule has 8 nitrogen and oxygen atoms in total. The molecule has 2 atom stereocenters. The predicted molar refractivity (Wildman–Crippen MR) is 91.4 cm³/mol. The SMILES string of the molecule is Cc1cc(NC(=O)C(C)NC(C)c2ccc3c(c2)NC(=O)CO3)on1. The van der Waals surface area contributed by atoms with E-state index in [1.165, 1.54) is 0 Å². The van der Waals surface area contributed by atoms with Gasteiger partial charge in [-0.25, -0.2) is 0 Å². The summed E-state index contributed by atoms with van der Waals surface area (Å²) in [6, 6.07) is 6.64. The first-order valence-electron chi connectivity index (χ1n) is 7.99. The molecule has 25 heavy (non-hydrogen) atoms. The molecule has 0 fully saturated rings. The van der Waals surface area contributed by atoms with Gasteiger partial charge in [0.2, 0.25) is 11.8 Å². The molecule has 2 heterocycles. The first-order chi connectivity index (χ1) is 11.9. The smallest absolute Gasteiger partial charge is 0.262 e. The van der Waals surface area contributed by atoms with E-state index in [1.807, 2.05) is 25.1 Å². The minimum absolute atomic E-state index is 0.0263. The average Bonchev–Trinajstić information content (AvgIpc) is 2.98. The maximum atomic E-state index is 12.2. The van der Waals surface area contributed by atoms with Gasteiger partial charge in [-0.2, -0.15) is 0 Å². The summed E-state index contributed by atoms with van der Waals surface area (Å²) in [5.41, 5.74) is 2.26. The number of nitrogens with zero attached hydrogens (tertiary/aromatic N) is 1. The van der Waals surface area contributed by atoms with Gasteiger partial charge >= 0.3 is 0 Å². The zero-order chi connectivity index (χ0) is 18.0. The third-order valence-electron chi connectivity index (χ3n) is 3.90. The molecular weight excluding hydrogens is 324 g/mol. The third-order valence-corrected chi connectivity index (χ3v) is 3.90. The van der Waals surface area contributed by atoms with E-state index in [0.717, 1.165) is 5.56 Å². The molecule has 3 rings (SSSR count). The molecule has 1 aliphatic heterocycles. The van der Waals surface area contributed by atoms with E-state index in [9.17, 15) is 9.59 Å². The van der Waals surface area contributed by atoms with Gasteiger partial charge in [-0.1, -0.05) is 11.2 Å². The van der Waals surface area contributed by atoms with E-state index in [2.05, 4.69) is 21.1 Å². The first kappa shape index (κ1) is 17.0. The Morgan fingerprint density at radius 3 is 2.84 bits per heavy atom. The van der Waals surface area contributed by atoms with Crippen LogP contribution in [0.4, 0.5) is 11.6 Å². The van der Waals surface area contributed by atoms with E-state index in [0.29, 0.717) is 23.0 Å². The predicted octanol–water partition coefficient (Wildman–Crippen LogP) is 1.99. The molecule has 0 saturated heterocycles. The maximum absolute atomic E-state index is 12.2. The zero-order valence-electron chi connectivity index (χ0n) is 14.3. The molecular formula is C17H20N4O4. The molecule has 3 N–H and O–H groups in total. The largest absolute Gasteiger partial charge is 0.482 e. The second kappa shape index (κ2) is 6.94. The van der Waals surface area contributed by atoms with Crippen molar-refractivity contribution in [2.45, 2.75) is 32.9 Å². The number of carbonyl (C=O) groups excluding carboxylic acids is 2. The number of carbonyl (C=O) groups is 2. The normalized spacial score (nSPS) is 15.6. The summed E-state index contributed by atoms with van der Waals surface area (Å²) in [5.74, 6) is 0.553. The van der Waals surface area contributed by atoms with E-state index < -0.39 is 6.04 Å². The standard InChI is InChI=1S/C17H20N4O4/c1-9-6-16(25-21-9)20-17(23)11(3)18-10(2)12-4-5-14-13(7-12)19-15(22)8-24-14/h4-7,10-11,18H,8H2,1-3H3,(H,19,22)(H,20,23). The molecule has 0 aliphatic carbocycles. The van der Waals surface area contributed by atoms with Crippen molar-refractivity contribution >= 4 is 23.4 Å². The molecule has 1 aromatic carbocycles. The highest BCUT2D eigenvalue weighted by Gasteiger charge is 2.20. The van der Waals surface area contributed by atoms with Crippen molar-refractivity contribution in [3.05, 3.63) is 35.5 Å². The number of ether oxygens (including phenoxy) is 1. The van der Waals surface area contributed by atoms with Gasteiger partial charge in [0.25, 0.3) is 5.91 Å². The molecule has 8 heteroatoms. The van der Waals surface area contributed by atoms with Crippen molar-refractivity contribution in [3.8, 4) is 5.75 Å². The molecule has 0 saturated carbocycles. The molecule has 0 radical (unpaired) electrons. The lowest BCUT2D eigenvalue weighted by Crippen LogP contribution is -2.39. The van der Waals surface area contributed by atoms with Gasteiger partial charge in [0, 0.05) is 12.1 Å². The van der Waals surface area contributed by atoms with Crippen molar-refractivity contribution in [2.24, 2.45) is 0 Å². The number of aryl methyl sites for hydroxylation is 1. The topological polar surface area (TPSA) is 105 Å². The highest BCUT2D eigenvalue weighted by molar-refractivity contribution is 5.95. The number of benzene rings is 1. The van der Waals surface area contributed by atoms with Gasteiger partial charge in [-0.3, -0.25) is 20.2 Å². The molecule has 0 spiro atoms. The Labute approximate surface area is 144 Å². The van der Waals surface area contributed by atoms with Crippen molar-refractivity contribution in [3.63, 3.8) is 0 Å². The minimum Gasteiger partial charge on any atom is -0.482 e. The number of fused-ring (bicyclic) bond motifs is 1. The minimum atomic E-state index is -0.456. The summed E-state index contributed by atoms with van der Waals surface area (Å²) < 4.78 is 10.3. The van der Waals surface area contributed by atoms with Crippen LogP contribution in [0.5, 0.6) is 5.75 Å². The summed E-state index contributed by atoms with van der Waals surface area (Å²) in [6.45, 7) is 5.51. The van der Waals surface area contributed by atoms with Crippen molar-refractivity contribution in [2.75, 3.05) is 17.2 Å². The van der Waals surface area contributed by atoms with Gasteiger partial charge in [-0.05, 0) is 38.5 Å². The number of amides is 2. The van der Waals surface area contributed by atoms with Crippen LogP contribution in [0.15, 0.2) is 28.8 Å². The van der Waals surface area contributed by atoms with Crippen LogP contribution in [0.1, 0.15) is 31.1 Å². The van der Waals surface area contributed by atoms with Crippen LogP contribution in [0.25, 0.3) is 0 Å². The number of hydrogen-bond donors (Lipinski definition) is 3. The van der Waals surface area contributed by atoms with Gasteiger partial charge in [0.15, 0.2) is 6.61 Å². The van der Waals surface area contributed by atoms with Gasteiger partial charge in [0.1, 0.15) is 5.75 Å². The van der Waals surface area contributed by atoms with E-state index in [4.69, 9.17) is 9.26 Å². The van der Waals surface area contributed by atoms with Crippen LogP contribution < -0.4 is 20.7 Å². The van der Waals surface area contributed by atoms with Gasteiger partial charge in [0.05, 0.1) is 17.4 Å². The Morgan fingerprint density at radius 2 is 2.12 bits per heavy atom. The summed E-state index contributed by atoms with van der Waals surface area (Å²) in [5, 5.41) is 12.4. The van der Waals surface area contributed by atoms with Crippen LogP contribution in [-0.4, -0.2) is 29.6 Å². The van der Waals surface area contributed by atoms with Crippen LogP contribution in [0.2, 0.25) is 0 Å². The lowest BCUT2D eigenvalue weighted by molar-refractivity contribution is -0.119. The highest BCUT2D eigenvalue weighted by Crippen LogP contribution is 2.30. The Bertz CT molecular complexity index is 802. The molecule has 132 valence electrons. The molecule has 1 aliphatic rings. The van der Waals surface area contributed by atoms with Crippen molar-refractivity contribution < 1.29 is 18.8 Å². The monoisotopic (exact) mass is 344 g/mol. The summed E-state index contributed by atoms with van der Waals surface area (Å²) >= 11 is 0. The lowest BCUT2D eigenvalue weighted by Gasteiger charge is -2.22. The third kappa shape index (κ3) is 3.97. The molecule has 0 bridgehead atoms. The fraction of sp³-hybridized carbons (Fsp3) is 0.353. The van der Waals surface area contributed by atoms with E-state index in [-0.39, 0.29) is 24.5 Å². The fourth-order valence-corrected chi connectivity index (χ4v) is 2.57. The van der Waals surface area contributed by atoms with Gasteiger partial charge < -0.3 is 14.6 Å². The number of rotatable bonds is 5. The molecule has 2 aromatic rings. The summed E-state index contributed by atoms with van der Waals surface area (Å²) in [7, 11) is 0. The van der Waals surface area contributed by atoms with Crippen LogP contribution in [0.3, 0.4) is 0 Å². The van der Waals surface area contributed by atoms with Crippen molar-refractivity contribution in [1.82, 2.24) is 10.5 Å². The second-order valence-corrected chi connectivity index (χ2v) is 6.02. The fourth-order valence-electron chi connectivity index (χ4n) is 2.57. The molecule has 2 amide bonds. The molecule has 1 aromatic heterocycles. The van der Waals surface area contributed by atoms with Crippen molar-refractivity contribution in [1.29, 1.82) is 0 Å². The number of nitrogens with one attached hydrogen (secondary N) is 3.